The van der Waals surface area contributed by atoms with E-state index in [4.69, 9.17) is 16.6 Å². The van der Waals surface area contributed by atoms with Crippen LogP contribution in [0.2, 0.25) is 5.02 Å². The van der Waals surface area contributed by atoms with Gasteiger partial charge in [0.25, 0.3) is 0 Å². The minimum absolute atomic E-state index is 0.106. The Hall–Kier alpha value is -0.930. The summed E-state index contributed by atoms with van der Waals surface area (Å²) < 4.78 is 0. The Balaban J connectivity index is 2.19. The van der Waals surface area contributed by atoms with Gasteiger partial charge < -0.3 is 5.32 Å². The first-order valence-corrected chi connectivity index (χ1v) is 7.29. The van der Waals surface area contributed by atoms with Crippen LogP contribution >= 0.6 is 23.4 Å². The Bertz CT molecular complexity index is 492. The van der Waals surface area contributed by atoms with Crippen LogP contribution in [0.1, 0.15) is 26.7 Å². The molecule has 1 aromatic carbocycles. The minimum Gasteiger partial charge on any atom is -0.335 e. The third kappa shape index (κ3) is 2.57. The summed E-state index contributed by atoms with van der Waals surface area (Å²) >= 11 is 7.59. The molecule has 1 heterocycles. The molecule has 1 N–H and O–H groups in total. The summed E-state index contributed by atoms with van der Waals surface area (Å²) in [5.74, 6) is 0. The molecule has 1 aliphatic rings. The van der Waals surface area contributed by atoms with Gasteiger partial charge in [-0.15, -0.1) is 0 Å². The quantitative estimate of drug-likeness (QED) is 0.849. The molecule has 2 nitrogen and oxygen atoms in total. The highest BCUT2D eigenvalue weighted by molar-refractivity contribution is 8.17. The van der Waals surface area contributed by atoms with Crippen molar-refractivity contribution in [2.75, 3.05) is 5.32 Å². The molecule has 18 heavy (non-hydrogen) atoms. The number of rotatable bonds is 3. The van der Waals surface area contributed by atoms with Gasteiger partial charge in [0.1, 0.15) is 0 Å². The lowest BCUT2D eigenvalue weighted by atomic mass is 9.94. The number of nitrogens with zero attached hydrogens (tertiary/aromatic N) is 1. The number of amidine groups is 1. The van der Waals surface area contributed by atoms with Crippen molar-refractivity contribution in [3.05, 3.63) is 40.8 Å². The molecule has 0 saturated heterocycles. The van der Waals surface area contributed by atoms with Gasteiger partial charge in [-0.3, -0.25) is 4.99 Å². The van der Waals surface area contributed by atoms with E-state index >= 15 is 0 Å². The number of benzene rings is 1. The molecule has 0 fully saturated rings. The second-order valence-corrected chi connectivity index (χ2v) is 5.84. The van der Waals surface area contributed by atoms with Crippen molar-refractivity contribution < 1.29 is 0 Å². The normalized spacial score (nSPS) is 17.7. The van der Waals surface area contributed by atoms with Crippen LogP contribution < -0.4 is 5.32 Å². The molecular formula is C14H17ClN2S. The molecule has 0 atom stereocenters. The first kappa shape index (κ1) is 13.5. The standard InChI is InChI=1S/C14H17ClN2S/c1-4-14(5-2)10(3)18-13(17-14)16-12-8-6-7-11(15)9-12/h6-9H,3-5H2,1-2H3,(H,16,17). The van der Waals surface area contributed by atoms with E-state index in [2.05, 4.69) is 25.7 Å². The number of halogens is 1. The summed E-state index contributed by atoms with van der Waals surface area (Å²) in [6.07, 6.45) is 1.96. The predicted molar refractivity (Wildman–Crippen MR) is 82.6 cm³/mol. The molecular weight excluding hydrogens is 264 g/mol. The highest BCUT2D eigenvalue weighted by Gasteiger charge is 2.36. The van der Waals surface area contributed by atoms with Crippen LogP contribution in [0.15, 0.2) is 40.7 Å². The molecule has 0 saturated carbocycles. The third-order valence-corrected chi connectivity index (χ3v) is 4.55. The van der Waals surface area contributed by atoms with E-state index in [-0.39, 0.29) is 5.54 Å². The average molecular weight is 281 g/mol. The molecule has 4 heteroatoms. The zero-order valence-electron chi connectivity index (χ0n) is 10.7. The molecule has 0 spiro atoms. The van der Waals surface area contributed by atoms with E-state index in [0.29, 0.717) is 0 Å². The van der Waals surface area contributed by atoms with E-state index in [9.17, 15) is 0 Å². The zero-order chi connectivity index (χ0) is 13.2. The van der Waals surface area contributed by atoms with Crippen LogP contribution in [0.3, 0.4) is 0 Å². The van der Waals surface area contributed by atoms with Crippen molar-refractivity contribution in [2.24, 2.45) is 4.99 Å². The maximum Gasteiger partial charge on any atom is 0.166 e. The van der Waals surface area contributed by atoms with Crippen molar-refractivity contribution in [2.45, 2.75) is 32.2 Å². The molecule has 0 aromatic heterocycles. The molecule has 96 valence electrons. The van der Waals surface area contributed by atoms with Crippen molar-refractivity contribution >= 4 is 34.2 Å². The topological polar surface area (TPSA) is 24.4 Å². The van der Waals surface area contributed by atoms with Crippen LogP contribution in [-0.4, -0.2) is 10.7 Å². The number of aliphatic imine (C=N–C) groups is 1. The lowest BCUT2D eigenvalue weighted by Crippen LogP contribution is -2.22. The molecule has 0 radical (unpaired) electrons. The Morgan fingerprint density at radius 3 is 2.67 bits per heavy atom. The highest BCUT2D eigenvalue weighted by Crippen LogP contribution is 2.42. The van der Waals surface area contributed by atoms with E-state index < -0.39 is 0 Å². The van der Waals surface area contributed by atoms with Gasteiger partial charge >= 0.3 is 0 Å². The van der Waals surface area contributed by atoms with Crippen LogP contribution in [0.25, 0.3) is 0 Å². The van der Waals surface area contributed by atoms with Gasteiger partial charge in [-0.25, -0.2) is 0 Å². The Morgan fingerprint density at radius 1 is 1.39 bits per heavy atom. The molecule has 0 amide bonds. The number of hydrogen-bond donors (Lipinski definition) is 1. The van der Waals surface area contributed by atoms with E-state index in [1.165, 1.54) is 0 Å². The second-order valence-electron chi connectivity index (χ2n) is 4.32. The Labute approximate surface area is 118 Å². The van der Waals surface area contributed by atoms with Crippen LogP contribution in [0, 0.1) is 0 Å². The van der Waals surface area contributed by atoms with Crippen LogP contribution in [0.5, 0.6) is 0 Å². The van der Waals surface area contributed by atoms with Gasteiger partial charge in [-0.05, 0) is 31.0 Å². The molecule has 0 unspecified atom stereocenters. The average Bonchev–Trinajstić information content (AvgIpc) is 2.66. The first-order chi connectivity index (χ1) is 8.59. The fourth-order valence-corrected chi connectivity index (χ4v) is 3.37. The lowest BCUT2D eigenvalue weighted by Gasteiger charge is -2.22. The maximum atomic E-state index is 5.97. The summed E-state index contributed by atoms with van der Waals surface area (Å²) in [7, 11) is 0. The molecule has 0 aliphatic carbocycles. The Morgan fingerprint density at radius 2 is 2.11 bits per heavy atom. The molecule has 2 rings (SSSR count). The number of thioether (sulfide) groups is 1. The van der Waals surface area contributed by atoms with Gasteiger partial charge in [0.2, 0.25) is 0 Å². The zero-order valence-corrected chi connectivity index (χ0v) is 12.2. The summed E-state index contributed by atoms with van der Waals surface area (Å²) in [4.78, 5) is 5.91. The van der Waals surface area contributed by atoms with Crippen molar-refractivity contribution in [3.63, 3.8) is 0 Å². The summed E-state index contributed by atoms with van der Waals surface area (Å²) in [5.41, 5.74) is 0.857. The maximum absolute atomic E-state index is 5.97. The summed E-state index contributed by atoms with van der Waals surface area (Å²) in [6, 6.07) is 7.66. The fraction of sp³-hybridized carbons (Fsp3) is 0.357. The van der Waals surface area contributed by atoms with Gasteiger partial charge in [0.05, 0.1) is 5.54 Å². The van der Waals surface area contributed by atoms with Gasteiger partial charge in [-0.1, -0.05) is 49.9 Å². The summed E-state index contributed by atoms with van der Waals surface area (Å²) in [5, 5.41) is 4.93. The van der Waals surface area contributed by atoms with E-state index in [1.54, 1.807) is 11.8 Å². The second kappa shape index (κ2) is 5.37. The molecule has 0 bridgehead atoms. The van der Waals surface area contributed by atoms with E-state index in [0.717, 1.165) is 33.6 Å². The number of nitrogens with one attached hydrogen (secondary N) is 1. The Kier molecular flexibility index (Phi) is 4.03. The SMILES string of the molecule is C=C1SC(Nc2cccc(Cl)c2)=NC1(CC)CC. The molecule has 1 aliphatic heterocycles. The van der Waals surface area contributed by atoms with Crippen molar-refractivity contribution in [1.82, 2.24) is 0 Å². The molecule has 1 aromatic rings. The number of anilines is 1. The largest absolute Gasteiger partial charge is 0.335 e. The third-order valence-electron chi connectivity index (χ3n) is 3.30. The van der Waals surface area contributed by atoms with Gasteiger partial charge in [0, 0.05) is 15.6 Å². The predicted octanol–water partition coefficient (Wildman–Crippen LogP) is 4.93. The van der Waals surface area contributed by atoms with E-state index in [1.807, 2.05) is 24.3 Å². The lowest BCUT2D eigenvalue weighted by molar-refractivity contribution is 0.496. The summed E-state index contributed by atoms with van der Waals surface area (Å²) in [6.45, 7) is 8.45. The smallest absolute Gasteiger partial charge is 0.166 e. The van der Waals surface area contributed by atoms with Crippen LogP contribution in [-0.2, 0) is 0 Å². The van der Waals surface area contributed by atoms with Crippen molar-refractivity contribution in [3.8, 4) is 0 Å². The van der Waals surface area contributed by atoms with Gasteiger partial charge in [-0.2, -0.15) is 0 Å². The number of hydrogen-bond acceptors (Lipinski definition) is 3. The van der Waals surface area contributed by atoms with Crippen LogP contribution in [0.4, 0.5) is 5.69 Å². The first-order valence-electron chi connectivity index (χ1n) is 6.09. The van der Waals surface area contributed by atoms with Gasteiger partial charge in [0.15, 0.2) is 5.17 Å². The fourth-order valence-electron chi connectivity index (χ4n) is 2.04. The highest BCUT2D eigenvalue weighted by atomic mass is 35.5. The minimum atomic E-state index is -0.106. The van der Waals surface area contributed by atoms with Crippen molar-refractivity contribution in [1.29, 1.82) is 0 Å². The monoisotopic (exact) mass is 280 g/mol.